The summed E-state index contributed by atoms with van der Waals surface area (Å²) >= 11 is 3.43. The van der Waals surface area contributed by atoms with Gasteiger partial charge >= 0.3 is 7.12 Å². The van der Waals surface area contributed by atoms with Crippen LogP contribution in [0.15, 0.2) is 320 Å². The average Bonchev–Trinajstić information content (AvgIpc) is 0.700. The van der Waals surface area contributed by atoms with Crippen LogP contribution in [-0.4, -0.2) is 17.2 Å². The van der Waals surface area contributed by atoms with Crippen LogP contribution >= 0.6 is 15.9 Å². The molecule has 0 aliphatic carbocycles. The van der Waals surface area contributed by atoms with E-state index >= 15 is 0 Å². The Bertz CT molecular complexity index is 5950. The number of hydrogen-bond acceptors (Lipinski definition) is 2. The fourth-order valence-corrected chi connectivity index (χ4v) is 12.3. The molecule has 0 bridgehead atoms. The van der Waals surface area contributed by atoms with Gasteiger partial charge in [-0.25, -0.2) is 0 Å². The summed E-state index contributed by atoms with van der Waals surface area (Å²) in [5.74, 6) is 0. The van der Waals surface area contributed by atoms with Crippen molar-refractivity contribution in [3.63, 3.8) is 0 Å². The molecule has 0 radical (unpaired) electrons. The maximum atomic E-state index is 9.44. The van der Waals surface area contributed by atoms with E-state index in [-0.39, 0.29) is 95.9 Å². The molecule has 0 aromatic heterocycles. The van der Waals surface area contributed by atoms with Gasteiger partial charge in [-0.3, -0.25) is 0 Å². The lowest BCUT2D eigenvalue weighted by Gasteiger charge is -2.20. The maximum absolute atomic E-state index is 9.44. The third-order valence-corrected chi connectivity index (χ3v) is 16.2. The predicted molar refractivity (Wildman–Crippen MR) is 364 cm³/mol. The normalized spacial score (nSPS) is 13.9. The van der Waals surface area contributed by atoms with Crippen LogP contribution in [0.3, 0.4) is 0 Å². The summed E-state index contributed by atoms with van der Waals surface area (Å²) in [7, 11) is -1.45. The standard InChI is InChI=1S/C40H26.C24H15Br.C16H13BO2/c1-2-13-27(14-3-1)30-25-26-38(32-19-7-6-18-31(30)32)40-36-22-10-8-20-34(36)39(35-21-9-11-23-37(35)40)33-24-12-16-28-15-4-5-17-29(28)33;25-24-21-13-5-3-11-19(21)23(20-12-4-6-14-22(20)24)18-15-7-9-16-8-1-2-10-17(16)18;18-17(19)16-11-10-13(12-6-2-1-3-7-12)14-8-4-5-9-15(14)16/h1-26H;1-15H;1-11,18-19H/i8D,9D,10D,11D,20D,21D,22D,23D;3D,4D,5D,6D,11D,12D,13D,14D;. The minimum Gasteiger partial charge on any atom is -0.423 e. The van der Waals surface area contributed by atoms with Crippen molar-refractivity contribution in [1.82, 2.24) is 0 Å². The zero-order chi connectivity index (χ0) is 70.4. The van der Waals surface area contributed by atoms with Crippen LogP contribution in [0.4, 0.5) is 0 Å². The van der Waals surface area contributed by atoms with Crippen LogP contribution in [0.5, 0.6) is 0 Å². The van der Waals surface area contributed by atoms with E-state index in [1.165, 1.54) is 0 Å². The second-order valence-electron chi connectivity index (χ2n) is 20.1. The van der Waals surface area contributed by atoms with E-state index in [1.54, 1.807) is 6.07 Å². The molecule has 0 aliphatic heterocycles. The monoisotopic (exact) mass is 1150 g/mol. The highest BCUT2D eigenvalue weighted by molar-refractivity contribution is 9.10. The van der Waals surface area contributed by atoms with E-state index in [0.717, 1.165) is 65.3 Å². The molecular formula is C80H54BBrO2. The van der Waals surface area contributed by atoms with Gasteiger partial charge in [0.2, 0.25) is 0 Å². The number of rotatable bonds is 6. The van der Waals surface area contributed by atoms with Crippen molar-refractivity contribution >= 4 is 115 Å². The Hall–Kier alpha value is -9.94. The molecule has 0 saturated heterocycles. The summed E-state index contributed by atoms with van der Waals surface area (Å²) in [5, 5.41) is 27.5. The van der Waals surface area contributed by atoms with Gasteiger partial charge in [-0.1, -0.05) is 315 Å². The number of benzene rings is 16. The van der Waals surface area contributed by atoms with E-state index in [2.05, 4.69) is 28.1 Å². The fourth-order valence-electron chi connectivity index (χ4n) is 11.7. The molecule has 0 unspecified atom stereocenters. The van der Waals surface area contributed by atoms with Crippen LogP contribution in [0.1, 0.15) is 21.9 Å². The molecule has 0 amide bonds. The molecule has 16 aromatic carbocycles. The van der Waals surface area contributed by atoms with Gasteiger partial charge in [0.25, 0.3) is 0 Å². The molecule has 0 aliphatic rings. The zero-order valence-corrected chi connectivity index (χ0v) is 46.2. The highest BCUT2D eigenvalue weighted by atomic mass is 79.9. The van der Waals surface area contributed by atoms with E-state index < -0.39 is 55.5 Å². The summed E-state index contributed by atoms with van der Waals surface area (Å²) in [5.41, 5.74) is 7.65. The average molecular weight is 1150 g/mol. The Labute approximate surface area is 519 Å². The highest BCUT2D eigenvalue weighted by Crippen LogP contribution is 2.48. The van der Waals surface area contributed by atoms with Crippen molar-refractivity contribution in [1.29, 1.82) is 0 Å². The van der Waals surface area contributed by atoms with Gasteiger partial charge in [0.05, 0.1) is 21.9 Å². The molecular weight excluding hydrogens is 1080 g/mol. The molecule has 2 nitrogen and oxygen atoms in total. The third-order valence-electron chi connectivity index (χ3n) is 15.4. The first-order valence-electron chi connectivity index (χ1n) is 35.2. The van der Waals surface area contributed by atoms with Crippen LogP contribution in [0, 0.1) is 0 Å². The van der Waals surface area contributed by atoms with Gasteiger partial charge in [-0.05, 0) is 163 Å². The molecule has 0 saturated carbocycles. The third kappa shape index (κ3) is 9.47. The Kier molecular flexibility index (Phi) is 10.1. The van der Waals surface area contributed by atoms with Gasteiger partial charge < -0.3 is 10.0 Å². The molecule has 0 heterocycles. The van der Waals surface area contributed by atoms with Gasteiger partial charge in [0.15, 0.2) is 0 Å². The van der Waals surface area contributed by atoms with E-state index in [9.17, 15) is 15.5 Å². The molecule has 0 fully saturated rings. The number of halogens is 1. The van der Waals surface area contributed by atoms with Gasteiger partial charge in [-0.15, -0.1) is 0 Å². The minimum atomic E-state index is -1.45. The van der Waals surface area contributed by atoms with E-state index in [0.29, 0.717) is 38.8 Å². The second-order valence-corrected chi connectivity index (χ2v) is 20.8. The lowest BCUT2D eigenvalue weighted by molar-refractivity contribution is 0.426. The second kappa shape index (κ2) is 22.8. The van der Waals surface area contributed by atoms with E-state index in [4.69, 9.17) is 16.4 Å². The Morgan fingerprint density at radius 1 is 0.250 bits per heavy atom. The first-order valence-corrected chi connectivity index (χ1v) is 28.0. The van der Waals surface area contributed by atoms with Crippen LogP contribution < -0.4 is 5.46 Å². The lowest BCUT2D eigenvalue weighted by Crippen LogP contribution is -2.30. The predicted octanol–water partition coefficient (Wildman–Crippen LogP) is 21.1. The van der Waals surface area contributed by atoms with Crippen molar-refractivity contribution in [3.05, 3.63) is 320 Å². The summed E-state index contributed by atoms with van der Waals surface area (Å²) in [6, 6.07) is 64.2. The fraction of sp³-hybridized carbons (Fsp3) is 0. The van der Waals surface area contributed by atoms with Crippen LogP contribution in [-0.2, 0) is 0 Å². The molecule has 16 rings (SSSR count). The molecule has 84 heavy (non-hydrogen) atoms. The molecule has 4 heteroatoms. The molecule has 396 valence electrons. The SMILES string of the molecule is OB(O)c1ccc(-c2ccccc2)c2ccccc12.[2H]c1c([2H])c([2H])c2c(-c3ccc(-c4ccccc4)c4ccccc34)c3c([2H])c([2H])c([2H])c([2H])c3c(-c3cccc4ccccc34)c2c1[2H].[2H]c1c([2H])c([2H])c2c(-c3cccc4ccccc34)c3c([2H])c([2H])c([2H])c([2H])c3c(Br)c2c1[2H]. The van der Waals surface area contributed by atoms with Crippen LogP contribution in [0.25, 0.3) is 142 Å². The summed E-state index contributed by atoms with van der Waals surface area (Å²) in [6.07, 6.45) is 0. The summed E-state index contributed by atoms with van der Waals surface area (Å²) in [6.45, 7) is 0. The van der Waals surface area contributed by atoms with Gasteiger partial charge in [-0.2, -0.15) is 0 Å². The quantitative estimate of drug-likeness (QED) is 0.129. The smallest absolute Gasteiger partial charge is 0.423 e. The molecule has 2 N–H and O–H groups in total. The van der Waals surface area contributed by atoms with Crippen molar-refractivity contribution in [3.8, 4) is 55.6 Å². The van der Waals surface area contributed by atoms with Crippen LogP contribution in [0.2, 0.25) is 0 Å². The summed E-state index contributed by atoms with van der Waals surface area (Å²) in [4.78, 5) is 0. The Balaban J connectivity index is 0.000000141. The van der Waals surface area contributed by atoms with Crippen molar-refractivity contribution in [2.75, 3.05) is 0 Å². The maximum Gasteiger partial charge on any atom is 0.489 e. The number of fused-ring (bicyclic) bond motifs is 8. The molecule has 0 atom stereocenters. The number of hydrogen-bond donors (Lipinski definition) is 2. The minimum absolute atomic E-state index is 0.182. The topological polar surface area (TPSA) is 40.5 Å². The summed E-state index contributed by atoms with van der Waals surface area (Å²) < 4.78 is 140. The van der Waals surface area contributed by atoms with Gasteiger partial charge in [0.1, 0.15) is 0 Å². The Morgan fingerprint density at radius 3 is 0.952 bits per heavy atom. The van der Waals surface area contributed by atoms with Crippen molar-refractivity contribution in [2.45, 2.75) is 0 Å². The van der Waals surface area contributed by atoms with Gasteiger partial charge in [0, 0.05) is 4.47 Å². The van der Waals surface area contributed by atoms with Crippen molar-refractivity contribution in [2.24, 2.45) is 0 Å². The van der Waals surface area contributed by atoms with E-state index in [1.807, 2.05) is 200 Å². The first kappa shape index (κ1) is 37.2. The highest BCUT2D eigenvalue weighted by Gasteiger charge is 2.21. The Morgan fingerprint density at radius 2 is 0.536 bits per heavy atom. The van der Waals surface area contributed by atoms with Crippen molar-refractivity contribution < 1.29 is 32.0 Å². The molecule has 0 spiro atoms. The first-order chi connectivity index (χ1) is 48.1. The lowest BCUT2D eigenvalue weighted by atomic mass is 9.76. The largest absolute Gasteiger partial charge is 0.489 e. The zero-order valence-electron chi connectivity index (χ0n) is 60.6. The molecule has 16 aromatic rings.